The van der Waals surface area contributed by atoms with E-state index < -0.39 is 53.3 Å². The zero-order valence-corrected chi connectivity index (χ0v) is 29.2. The molecule has 15 heteroatoms. The Hall–Kier alpha value is -2.10. The molecule has 0 radical (unpaired) electrons. The minimum absolute atomic E-state index is 0.0277. The van der Waals surface area contributed by atoms with Crippen molar-refractivity contribution in [1.29, 1.82) is 0 Å². The molecule has 0 saturated heterocycles. The summed E-state index contributed by atoms with van der Waals surface area (Å²) in [6.07, 6.45) is -1.56. The van der Waals surface area contributed by atoms with Crippen LogP contribution in [0.2, 0.25) is 51.4 Å². The van der Waals surface area contributed by atoms with E-state index in [0.29, 0.717) is 4.90 Å². The molecule has 0 unspecified atom stereocenters. The number of nitrogens with zero attached hydrogens (tertiary/aromatic N) is 2. The highest BCUT2D eigenvalue weighted by atomic mass is 31.2. The molecule has 234 valence electrons. The maximum Gasteiger partial charge on any atom is 0.475 e. The quantitative estimate of drug-likeness (QED) is 0.164. The number of hydrogen-bond donors (Lipinski definition) is 2. The molecule has 1 aromatic heterocycles. The number of carboxylic acid groups (broad SMARTS) is 1. The van der Waals surface area contributed by atoms with Gasteiger partial charge in [0, 0.05) is 22.7 Å². The number of phosphoric acid groups is 1. The van der Waals surface area contributed by atoms with Gasteiger partial charge in [-0.25, -0.2) is 19.1 Å². The Labute approximate surface area is 246 Å². The van der Waals surface area contributed by atoms with E-state index in [4.69, 9.17) is 18.3 Å². The fourth-order valence-corrected chi connectivity index (χ4v) is 6.24. The zero-order valence-electron chi connectivity index (χ0n) is 26.3. The molecule has 41 heavy (non-hydrogen) atoms. The lowest BCUT2D eigenvalue weighted by Crippen LogP contribution is -2.41. The van der Waals surface area contributed by atoms with E-state index in [2.05, 4.69) is 49.6 Å². The first-order chi connectivity index (χ1) is 18.4. The fourth-order valence-electron chi connectivity index (χ4n) is 2.99. The normalized spacial score (nSPS) is 13.0. The highest BCUT2D eigenvalue weighted by molar-refractivity contribution is 7.48. The molecule has 2 N–H and O–H groups in total. The molecule has 0 spiro atoms. The first-order valence-corrected chi connectivity index (χ1v) is 22.4. The molecule has 12 nitrogen and oxygen atoms in total. The molecule has 0 aliphatic rings. The van der Waals surface area contributed by atoms with Crippen LogP contribution in [0.15, 0.2) is 18.3 Å². The summed E-state index contributed by atoms with van der Waals surface area (Å²) in [5, 5.41) is 12.2. The topological polar surface area (TPSA) is 154 Å². The molecule has 0 aromatic carbocycles. The standard InChI is InChI=1S/C26H48N3O9PSi2/c1-25(2,3)37-24(33)29(23(31)32)20-12-13-21(27-18-20)22(30)28-19-26(4,5)38-39(34,35-14-16-40(6,7)8)36-15-17-41(9,10)11/h12-13,18H,14-17,19H2,1-11H3,(H,28,30)(H,31,32). The fraction of sp³-hybridized carbons (Fsp3) is 0.692. The van der Waals surface area contributed by atoms with Gasteiger partial charge in [-0.05, 0) is 58.8 Å². The van der Waals surface area contributed by atoms with E-state index in [1.54, 1.807) is 34.6 Å². The molecule has 0 fully saturated rings. The Morgan fingerprint density at radius 1 is 0.951 bits per heavy atom. The van der Waals surface area contributed by atoms with Crippen LogP contribution in [0.1, 0.15) is 45.1 Å². The van der Waals surface area contributed by atoms with Crippen LogP contribution in [0.3, 0.4) is 0 Å². The van der Waals surface area contributed by atoms with E-state index in [1.807, 2.05) is 0 Å². The first kappa shape index (κ1) is 36.9. The van der Waals surface area contributed by atoms with E-state index in [-0.39, 0.29) is 31.1 Å². The van der Waals surface area contributed by atoms with Gasteiger partial charge in [0.1, 0.15) is 11.3 Å². The second-order valence-electron chi connectivity index (χ2n) is 13.8. The van der Waals surface area contributed by atoms with Crippen molar-refractivity contribution in [1.82, 2.24) is 10.3 Å². The van der Waals surface area contributed by atoms with Crippen LogP contribution in [-0.4, -0.2) is 75.3 Å². The Morgan fingerprint density at radius 2 is 1.46 bits per heavy atom. The van der Waals surface area contributed by atoms with Gasteiger partial charge in [0.25, 0.3) is 5.91 Å². The second-order valence-corrected chi connectivity index (χ2v) is 26.6. The molecule has 0 aliphatic heterocycles. The number of ether oxygens (including phenoxy) is 1. The monoisotopic (exact) mass is 633 g/mol. The van der Waals surface area contributed by atoms with Gasteiger partial charge in [0.2, 0.25) is 0 Å². The number of aromatic nitrogens is 1. The zero-order chi connectivity index (χ0) is 31.9. The minimum atomic E-state index is -3.92. The van der Waals surface area contributed by atoms with E-state index in [9.17, 15) is 24.1 Å². The lowest BCUT2D eigenvalue weighted by molar-refractivity contribution is 0.0342. The number of carbonyl (C=O) groups is 3. The number of nitrogens with one attached hydrogen (secondary N) is 1. The van der Waals surface area contributed by atoms with Gasteiger partial charge in [0.15, 0.2) is 0 Å². The first-order valence-electron chi connectivity index (χ1n) is 13.5. The smallest absolute Gasteiger partial charge is 0.464 e. The van der Waals surface area contributed by atoms with Crippen LogP contribution in [0.4, 0.5) is 15.3 Å². The number of amides is 3. The Morgan fingerprint density at radius 3 is 1.85 bits per heavy atom. The molecule has 0 aliphatic carbocycles. The summed E-state index contributed by atoms with van der Waals surface area (Å²) in [6.45, 7) is 21.7. The van der Waals surface area contributed by atoms with Gasteiger partial charge in [-0.1, -0.05) is 39.3 Å². The molecule has 0 saturated carbocycles. The minimum Gasteiger partial charge on any atom is -0.464 e. The van der Waals surface area contributed by atoms with Crippen molar-refractivity contribution in [2.75, 3.05) is 24.7 Å². The molecular weight excluding hydrogens is 585 g/mol. The lowest BCUT2D eigenvalue weighted by Gasteiger charge is -2.30. The van der Waals surface area contributed by atoms with Gasteiger partial charge >= 0.3 is 20.0 Å². The van der Waals surface area contributed by atoms with E-state index in [1.165, 1.54) is 12.1 Å². The summed E-state index contributed by atoms with van der Waals surface area (Å²) in [6, 6.07) is 4.12. The Kier molecular flexibility index (Phi) is 13.0. The van der Waals surface area contributed by atoms with Crippen LogP contribution in [0, 0.1) is 0 Å². The predicted octanol–water partition coefficient (Wildman–Crippen LogP) is 6.84. The molecular formula is C26H48N3O9PSi2. The van der Waals surface area contributed by atoms with Crippen molar-refractivity contribution < 1.29 is 42.4 Å². The molecule has 0 atom stereocenters. The van der Waals surface area contributed by atoms with E-state index in [0.717, 1.165) is 18.3 Å². The lowest BCUT2D eigenvalue weighted by atomic mass is 10.1. The number of rotatable bonds is 14. The van der Waals surface area contributed by atoms with Crippen molar-refractivity contribution in [3.8, 4) is 0 Å². The molecule has 1 heterocycles. The van der Waals surface area contributed by atoms with Crippen LogP contribution >= 0.6 is 7.82 Å². The summed E-state index contributed by atoms with van der Waals surface area (Å²) >= 11 is 0. The van der Waals surface area contributed by atoms with Crippen LogP contribution in [0.5, 0.6) is 0 Å². The highest BCUT2D eigenvalue weighted by Crippen LogP contribution is 2.53. The maximum absolute atomic E-state index is 13.6. The highest BCUT2D eigenvalue weighted by Gasteiger charge is 2.37. The molecule has 3 amide bonds. The maximum atomic E-state index is 13.6. The number of anilines is 1. The summed E-state index contributed by atoms with van der Waals surface area (Å²) < 4.78 is 36.0. The van der Waals surface area contributed by atoms with Gasteiger partial charge in [-0.2, -0.15) is 4.90 Å². The molecule has 1 rings (SSSR count). The Balaban J connectivity index is 2.92. The summed E-state index contributed by atoms with van der Waals surface area (Å²) in [7, 11) is -6.83. The van der Waals surface area contributed by atoms with Crippen LogP contribution in [-0.2, 0) is 22.9 Å². The third-order valence-electron chi connectivity index (χ3n) is 5.24. The average molecular weight is 634 g/mol. The molecule has 1 aromatic rings. The third kappa shape index (κ3) is 15.1. The number of imide groups is 1. The van der Waals surface area contributed by atoms with Crippen molar-refractivity contribution in [2.24, 2.45) is 0 Å². The van der Waals surface area contributed by atoms with Gasteiger partial charge in [-0.15, -0.1) is 0 Å². The summed E-state index contributed by atoms with van der Waals surface area (Å²) in [5.41, 5.74) is -2.14. The Bertz CT molecular complexity index is 1070. The average Bonchev–Trinajstić information content (AvgIpc) is 2.74. The number of carbonyl (C=O) groups excluding carboxylic acids is 2. The summed E-state index contributed by atoms with van der Waals surface area (Å²) in [4.78, 5) is 41.2. The van der Waals surface area contributed by atoms with Crippen LogP contribution < -0.4 is 10.2 Å². The summed E-state index contributed by atoms with van der Waals surface area (Å²) in [5.74, 6) is -0.582. The van der Waals surface area contributed by atoms with Gasteiger partial charge < -0.3 is 15.2 Å². The number of hydrogen-bond acceptors (Lipinski definition) is 9. The van der Waals surface area contributed by atoms with Crippen LogP contribution in [0.25, 0.3) is 0 Å². The van der Waals surface area contributed by atoms with Crippen molar-refractivity contribution >= 4 is 47.8 Å². The van der Waals surface area contributed by atoms with Crippen molar-refractivity contribution in [2.45, 2.75) is 97.2 Å². The van der Waals surface area contributed by atoms with Gasteiger partial charge in [0.05, 0.1) is 30.7 Å². The molecule has 0 bridgehead atoms. The second kappa shape index (κ2) is 14.4. The van der Waals surface area contributed by atoms with Crippen molar-refractivity contribution in [3.05, 3.63) is 24.0 Å². The predicted molar refractivity (Wildman–Crippen MR) is 164 cm³/mol. The third-order valence-corrected chi connectivity index (χ3v) is 10.4. The van der Waals surface area contributed by atoms with Gasteiger partial charge in [-0.3, -0.25) is 18.4 Å². The van der Waals surface area contributed by atoms with E-state index >= 15 is 0 Å². The largest absolute Gasteiger partial charge is 0.475 e. The number of phosphoric ester groups is 1. The number of pyridine rings is 1. The van der Waals surface area contributed by atoms with Crippen molar-refractivity contribution in [3.63, 3.8) is 0 Å². The SMILES string of the molecule is CC(C)(C)OC(=O)N(C(=O)O)c1ccc(C(=O)NCC(C)(C)OP(=O)(OCC[Si](C)(C)C)OCC[Si](C)(C)C)nc1.